The van der Waals surface area contributed by atoms with E-state index in [1.807, 2.05) is 0 Å². The van der Waals surface area contributed by atoms with E-state index in [9.17, 15) is 10.2 Å². The molecule has 3 N–H and O–H groups in total. The van der Waals surface area contributed by atoms with Crippen molar-refractivity contribution in [2.75, 3.05) is 0 Å². The maximum atomic E-state index is 9.58. The molecule has 0 saturated carbocycles. The normalized spacial score (nSPS) is 10.1. The van der Waals surface area contributed by atoms with Crippen LogP contribution in [0.4, 0.5) is 0 Å². The second kappa shape index (κ2) is 3.49. The van der Waals surface area contributed by atoms with E-state index in [4.69, 9.17) is 5.11 Å². The molecule has 4 nitrogen and oxygen atoms in total. The first-order valence-corrected chi connectivity index (χ1v) is 4.35. The Kier molecular flexibility index (Phi) is 2.17. The standard InChI is InChI=1S/C11H9NO3/c13-9-5-4-7(10(14)11(9)15)8-3-1-2-6-12-8/h1-6,13-15H. The second-order valence-electron chi connectivity index (χ2n) is 3.04. The molecular formula is C11H9NO3. The minimum atomic E-state index is -0.529. The van der Waals surface area contributed by atoms with Gasteiger partial charge in [0, 0.05) is 11.8 Å². The van der Waals surface area contributed by atoms with Crippen LogP contribution in [0.1, 0.15) is 0 Å². The van der Waals surface area contributed by atoms with Crippen molar-refractivity contribution in [2.24, 2.45) is 0 Å². The molecule has 0 unspecified atom stereocenters. The Hall–Kier alpha value is -2.23. The van der Waals surface area contributed by atoms with E-state index >= 15 is 0 Å². The highest BCUT2D eigenvalue weighted by Crippen LogP contribution is 2.41. The molecule has 15 heavy (non-hydrogen) atoms. The van der Waals surface area contributed by atoms with Gasteiger partial charge in [0.2, 0.25) is 5.75 Å². The lowest BCUT2D eigenvalue weighted by Crippen LogP contribution is -1.83. The number of benzene rings is 1. The first-order chi connectivity index (χ1) is 7.20. The fraction of sp³-hybridized carbons (Fsp3) is 0. The van der Waals surface area contributed by atoms with Crippen molar-refractivity contribution in [1.29, 1.82) is 0 Å². The van der Waals surface area contributed by atoms with Gasteiger partial charge in [0.05, 0.1) is 5.69 Å². The van der Waals surface area contributed by atoms with Crippen LogP contribution in [0, 0.1) is 0 Å². The van der Waals surface area contributed by atoms with Gasteiger partial charge in [-0.15, -0.1) is 0 Å². The summed E-state index contributed by atoms with van der Waals surface area (Å²) in [6.07, 6.45) is 1.58. The highest BCUT2D eigenvalue weighted by molar-refractivity contribution is 5.72. The van der Waals surface area contributed by atoms with E-state index in [-0.39, 0.29) is 11.5 Å². The number of aromatic nitrogens is 1. The van der Waals surface area contributed by atoms with Crippen LogP contribution in [0.3, 0.4) is 0 Å². The topological polar surface area (TPSA) is 73.6 Å². The van der Waals surface area contributed by atoms with E-state index in [0.717, 1.165) is 0 Å². The van der Waals surface area contributed by atoms with E-state index in [2.05, 4.69) is 4.98 Å². The molecule has 2 aromatic rings. The number of phenolic OH excluding ortho intramolecular Hbond substituents is 3. The molecular weight excluding hydrogens is 194 g/mol. The van der Waals surface area contributed by atoms with E-state index < -0.39 is 5.75 Å². The first-order valence-electron chi connectivity index (χ1n) is 4.35. The highest BCUT2D eigenvalue weighted by Gasteiger charge is 2.12. The third-order valence-electron chi connectivity index (χ3n) is 2.07. The SMILES string of the molecule is Oc1ccc(-c2ccccn2)c(O)c1O. The lowest BCUT2D eigenvalue weighted by Gasteiger charge is -2.06. The summed E-state index contributed by atoms with van der Waals surface area (Å²) in [5.74, 6) is -1.25. The molecule has 76 valence electrons. The molecule has 0 bridgehead atoms. The summed E-state index contributed by atoms with van der Waals surface area (Å²) in [7, 11) is 0. The number of nitrogens with zero attached hydrogens (tertiary/aromatic N) is 1. The maximum Gasteiger partial charge on any atom is 0.200 e. The maximum absolute atomic E-state index is 9.58. The van der Waals surface area contributed by atoms with Crippen molar-refractivity contribution in [3.8, 4) is 28.5 Å². The molecule has 1 aromatic heterocycles. The van der Waals surface area contributed by atoms with Gasteiger partial charge < -0.3 is 15.3 Å². The summed E-state index contributed by atoms with van der Waals surface area (Å²) >= 11 is 0. The number of rotatable bonds is 1. The average Bonchev–Trinajstić information content (AvgIpc) is 2.27. The summed E-state index contributed by atoms with van der Waals surface area (Å²) < 4.78 is 0. The zero-order chi connectivity index (χ0) is 10.8. The van der Waals surface area contributed by atoms with Gasteiger partial charge in [0.15, 0.2) is 11.5 Å². The predicted octanol–water partition coefficient (Wildman–Crippen LogP) is 1.87. The number of hydrogen-bond donors (Lipinski definition) is 3. The minimum Gasteiger partial charge on any atom is -0.504 e. The molecule has 0 fully saturated rings. The van der Waals surface area contributed by atoms with Gasteiger partial charge >= 0.3 is 0 Å². The number of pyridine rings is 1. The first kappa shape index (κ1) is 9.33. The zero-order valence-electron chi connectivity index (χ0n) is 7.75. The van der Waals surface area contributed by atoms with Crippen LogP contribution in [-0.4, -0.2) is 20.3 Å². The monoisotopic (exact) mass is 203 g/mol. The zero-order valence-corrected chi connectivity index (χ0v) is 7.75. The van der Waals surface area contributed by atoms with Crippen LogP contribution in [0.15, 0.2) is 36.5 Å². The van der Waals surface area contributed by atoms with Crippen LogP contribution in [0.5, 0.6) is 17.2 Å². The third kappa shape index (κ3) is 1.57. The molecule has 0 saturated heterocycles. The van der Waals surface area contributed by atoms with E-state index in [1.165, 1.54) is 12.1 Å². The van der Waals surface area contributed by atoms with E-state index in [1.54, 1.807) is 24.4 Å². The molecule has 2 rings (SSSR count). The van der Waals surface area contributed by atoms with Gasteiger partial charge in [0.25, 0.3) is 0 Å². The minimum absolute atomic E-state index is 0.354. The fourth-order valence-corrected chi connectivity index (χ4v) is 1.30. The van der Waals surface area contributed by atoms with Crippen molar-refractivity contribution in [2.45, 2.75) is 0 Å². The molecule has 1 heterocycles. The van der Waals surface area contributed by atoms with Crippen molar-refractivity contribution in [3.63, 3.8) is 0 Å². The molecule has 0 aliphatic rings. The quantitative estimate of drug-likeness (QED) is 0.618. The van der Waals surface area contributed by atoms with Crippen molar-refractivity contribution in [3.05, 3.63) is 36.5 Å². The smallest absolute Gasteiger partial charge is 0.200 e. The molecule has 0 radical (unpaired) electrons. The summed E-state index contributed by atoms with van der Waals surface area (Å²) in [5, 5.41) is 28.0. The molecule has 1 aromatic carbocycles. The molecule has 0 aliphatic carbocycles. The summed E-state index contributed by atoms with van der Waals surface area (Å²) in [6, 6.07) is 8.02. The predicted molar refractivity (Wildman–Crippen MR) is 54.7 cm³/mol. The number of aromatic hydroxyl groups is 3. The Balaban J connectivity index is 2.60. The Morgan fingerprint density at radius 3 is 2.33 bits per heavy atom. The van der Waals surface area contributed by atoms with Gasteiger partial charge in [0.1, 0.15) is 0 Å². The van der Waals surface area contributed by atoms with Gasteiger partial charge in [-0.2, -0.15) is 0 Å². The highest BCUT2D eigenvalue weighted by atomic mass is 16.3. The Labute approximate surface area is 86.1 Å². The molecule has 0 atom stereocenters. The summed E-state index contributed by atoms with van der Waals surface area (Å²) in [5.41, 5.74) is 0.913. The van der Waals surface area contributed by atoms with Crippen molar-refractivity contribution >= 4 is 0 Å². The fourth-order valence-electron chi connectivity index (χ4n) is 1.30. The van der Waals surface area contributed by atoms with Gasteiger partial charge in [-0.25, -0.2) is 0 Å². The van der Waals surface area contributed by atoms with Gasteiger partial charge in [-0.3, -0.25) is 4.98 Å². The number of phenols is 3. The van der Waals surface area contributed by atoms with Crippen LogP contribution >= 0.6 is 0 Å². The Morgan fingerprint density at radius 1 is 0.867 bits per heavy atom. The number of hydrogen-bond acceptors (Lipinski definition) is 4. The molecule has 0 spiro atoms. The second-order valence-corrected chi connectivity index (χ2v) is 3.04. The lowest BCUT2D eigenvalue weighted by molar-refractivity contribution is 0.369. The van der Waals surface area contributed by atoms with Crippen LogP contribution in [0.2, 0.25) is 0 Å². The van der Waals surface area contributed by atoms with Crippen LogP contribution in [0.25, 0.3) is 11.3 Å². The van der Waals surface area contributed by atoms with Crippen LogP contribution < -0.4 is 0 Å². The third-order valence-corrected chi connectivity index (χ3v) is 2.07. The average molecular weight is 203 g/mol. The van der Waals surface area contributed by atoms with Crippen LogP contribution in [-0.2, 0) is 0 Å². The Bertz CT molecular complexity index is 483. The molecule has 0 amide bonds. The van der Waals surface area contributed by atoms with Gasteiger partial charge in [-0.05, 0) is 24.3 Å². The summed E-state index contributed by atoms with van der Waals surface area (Å²) in [6.45, 7) is 0. The lowest BCUT2D eigenvalue weighted by atomic mass is 10.1. The molecule has 0 aliphatic heterocycles. The van der Waals surface area contributed by atoms with E-state index in [0.29, 0.717) is 11.3 Å². The molecule has 4 heteroatoms. The largest absolute Gasteiger partial charge is 0.504 e. The van der Waals surface area contributed by atoms with Gasteiger partial charge in [-0.1, -0.05) is 6.07 Å². The Morgan fingerprint density at radius 2 is 1.67 bits per heavy atom. The summed E-state index contributed by atoms with van der Waals surface area (Å²) in [4.78, 5) is 4.03. The van der Waals surface area contributed by atoms with Crippen molar-refractivity contribution in [1.82, 2.24) is 4.98 Å². The van der Waals surface area contributed by atoms with Crippen molar-refractivity contribution < 1.29 is 15.3 Å².